The van der Waals surface area contributed by atoms with E-state index in [1.807, 2.05) is 0 Å². The molecule has 0 bridgehead atoms. The second-order valence-corrected chi connectivity index (χ2v) is 6.95. The van der Waals surface area contributed by atoms with Gasteiger partial charge in [0.2, 0.25) is 11.8 Å². The van der Waals surface area contributed by atoms with Crippen LogP contribution in [0.5, 0.6) is 5.75 Å². The molecule has 2 aliphatic heterocycles. The Labute approximate surface area is 147 Å². The molecule has 3 rings (SSSR count). The van der Waals surface area contributed by atoms with Crippen LogP contribution in [0.2, 0.25) is 0 Å². The monoisotopic (exact) mass is 364 g/mol. The Kier molecular flexibility index (Phi) is 4.44. The number of carbonyl (C=O) groups excluding carboxylic acids is 2. The van der Waals surface area contributed by atoms with Crippen molar-refractivity contribution in [2.24, 2.45) is 11.7 Å². The summed E-state index contributed by atoms with van der Waals surface area (Å²) in [6.07, 6.45) is -0.849. The second kappa shape index (κ2) is 6.41. The van der Waals surface area contributed by atoms with Gasteiger partial charge in [0, 0.05) is 5.56 Å². The van der Waals surface area contributed by atoms with Gasteiger partial charge in [-0.25, -0.2) is 4.79 Å². The van der Waals surface area contributed by atoms with E-state index in [-0.39, 0.29) is 12.3 Å². The summed E-state index contributed by atoms with van der Waals surface area (Å²) in [7, 11) is 0. The molecule has 8 nitrogen and oxygen atoms in total. The van der Waals surface area contributed by atoms with Crippen molar-refractivity contribution < 1.29 is 29.3 Å². The zero-order valence-electron chi connectivity index (χ0n) is 13.2. The van der Waals surface area contributed by atoms with E-state index >= 15 is 0 Å². The first-order valence-electron chi connectivity index (χ1n) is 7.48. The lowest BCUT2D eigenvalue weighted by Gasteiger charge is -2.43. The highest BCUT2D eigenvalue weighted by molar-refractivity contribution is 8.04. The van der Waals surface area contributed by atoms with Gasteiger partial charge >= 0.3 is 5.97 Å². The van der Waals surface area contributed by atoms with Crippen LogP contribution < -0.4 is 10.5 Å². The first-order chi connectivity index (χ1) is 11.8. The number of thioether (sulfide) groups is 1. The molecule has 0 radical (unpaired) electrons. The quantitative estimate of drug-likeness (QED) is 0.622. The molecule has 1 aromatic carbocycles. The van der Waals surface area contributed by atoms with Crippen LogP contribution >= 0.6 is 11.8 Å². The molecule has 0 aliphatic carbocycles. The van der Waals surface area contributed by atoms with Crippen molar-refractivity contribution in [1.29, 1.82) is 0 Å². The number of carboxylic acids is 1. The third-order valence-corrected chi connectivity index (χ3v) is 5.42. The number of carboxylic acid groups (broad SMARTS) is 1. The molecule has 1 saturated heterocycles. The van der Waals surface area contributed by atoms with Crippen molar-refractivity contribution in [3.05, 3.63) is 40.4 Å². The minimum absolute atomic E-state index is 0.0327. The first kappa shape index (κ1) is 17.3. The summed E-state index contributed by atoms with van der Waals surface area (Å²) >= 11 is 1.21. The molecule has 1 fully saturated rings. The van der Waals surface area contributed by atoms with Gasteiger partial charge in [0.05, 0.1) is 16.9 Å². The number of ether oxygens (including phenoxy) is 1. The first-order valence-corrected chi connectivity index (χ1v) is 8.36. The largest absolute Gasteiger partial charge is 0.488 e. The molecule has 2 amide bonds. The van der Waals surface area contributed by atoms with Crippen molar-refractivity contribution >= 4 is 29.5 Å². The molecule has 0 spiro atoms. The van der Waals surface area contributed by atoms with Crippen LogP contribution in [0.3, 0.4) is 0 Å². The van der Waals surface area contributed by atoms with E-state index in [1.165, 1.54) is 35.7 Å². The molecule has 25 heavy (non-hydrogen) atoms. The maximum Gasteiger partial charge on any atom is 0.353 e. The molecule has 4 N–H and O–H groups in total. The predicted molar refractivity (Wildman–Crippen MR) is 88.5 cm³/mol. The van der Waals surface area contributed by atoms with Crippen LogP contribution in [-0.2, 0) is 9.59 Å². The van der Waals surface area contributed by atoms with Gasteiger partial charge in [-0.2, -0.15) is 0 Å². The van der Waals surface area contributed by atoms with Gasteiger partial charge < -0.3 is 20.7 Å². The minimum Gasteiger partial charge on any atom is -0.488 e. The highest BCUT2D eigenvalue weighted by Gasteiger charge is 2.57. The van der Waals surface area contributed by atoms with E-state index in [4.69, 9.17) is 10.5 Å². The third kappa shape index (κ3) is 2.96. The van der Waals surface area contributed by atoms with E-state index in [1.54, 1.807) is 12.1 Å². The van der Waals surface area contributed by atoms with Gasteiger partial charge in [0.1, 0.15) is 23.4 Å². The average Bonchev–Trinajstić information content (AvgIpc) is 2.87. The van der Waals surface area contributed by atoms with Crippen LogP contribution in [-0.4, -0.2) is 51.0 Å². The number of aliphatic hydroxyl groups is 1. The Morgan fingerprint density at radius 2 is 2.00 bits per heavy atom. The number of benzene rings is 1. The number of fused-ring (bicyclic) bond motifs is 1. The topological polar surface area (TPSA) is 130 Å². The number of aliphatic carboxylic acids is 1. The summed E-state index contributed by atoms with van der Waals surface area (Å²) in [5.41, 5.74) is 5.39. The van der Waals surface area contributed by atoms with Crippen LogP contribution in [0, 0.1) is 5.92 Å². The maximum absolute atomic E-state index is 12.1. The summed E-state index contributed by atoms with van der Waals surface area (Å²) < 4.78 is 5.57. The normalized spacial score (nSPS) is 23.1. The number of carbonyl (C=O) groups is 3. The predicted octanol–water partition coefficient (Wildman–Crippen LogP) is 0.373. The number of β-lactam (4-membered cyclic amide) rings is 1. The van der Waals surface area contributed by atoms with Crippen molar-refractivity contribution in [3.8, 4) is 5.75 Å². The Hall–Kier alpha value is -2.52. The van der Waals surface area contributed by atoms with Gasteiger partial charge in [-0.05, 0) is 31.2 Å². The van der Waals surface area contributed by atoms with Crippen LogP contribution in [0.25, 0.3) is 0 Å². The van der Waals surface area contributed by atoms with Gasteiger partial charge in [-0.1, -0.05) is 11.8 Å². The molecule has 2 heterocycles. The lowest BCUT2D eigenvalue weighted by Crippen LogP contribution is -2.60. The smallest absolute Gasteiger partial charge is 0.353 e. The SMILES string of the molecule is C[C@@H](O)[C@H]1C(=O)N2C(C(=O)O)=C(COc3ccc(C(N)=O)cc3)S[C@H]12. The summed E-state index contributed by atoms with van der Waals surface area (Å²) in [6.45, 7) is 1.48. The number of nitrogens with two attached hydrogens (primary N) is 1. The molecule has 0 saturated carbocycles. The summed E-state index contributed by atoms with van der Waals surface area (Å²) in [6, 6.07) is 6.12. The fraction of sp³-hybridized carbons (Fsp3) is 0.312. The van der Waals surface area contributed by atoms with Crippen molar-refractivity contribution in [1.82, 2.24) is 4.90 Å². The van der Waals surface area contributed by atoms with Gasteiger partial charge in [-0.15, -0.1) is 0 Å². The summed E-state index contributed by atoms with van der Waals surface area (Å²) in [4.78, 5) is 36.3. The molecule has 0 aromatic heterocycles. The van der Waals surface area contributed by atoms with E-state index < -0.39 is 35.2 Å². The van der Waals surface area contributed by atoms with E-state index in [9.17, 15) is 24.6 Å². The second-order valence-electron chi connectivity index (χ2n) is 5.74. The highest BCUT2D eigenvalue weighted by Crippen LogP contribution is 2.50. The number of rotatable bonds is 6. The number of amides is 2. The van der Waals surface area contributed by atoms with Crippen LogP contribution in [0.4, 0.5) is 0 Å². The third-order valence-electron chi connectivity index (χ3n) is 4.08. The summed E-state index contributed by atoms with van der Waals surface area (Å²) in [5.74, 6) is -2.34. The number of hydrogen-bond acceptors (Lipinski definition) is 6. The van der Waals surface area contributed by atoms with Crippen molar-refractivity contribution in [2.75, 3.05) is 6.61 Å². The van der Waals surface area contributed by atoms with E-state index in [0.717, 1.165) is 0 Å². The van der Waals surface area contributed by atoms with Gasteiger partial charge in [0.15, 0.2) is 0 Å². The fourth-order valence-electron chi connectivity index (χ4n) is 2.82. The Bertz CT molecular complexity index is 773. The standard InChI is InChI=1S/C16H16N2O6S/c1-7(19)11-14(21)18-12(16(22)23)10(25-15(11)18)6-24-9-4-2-8(3-5-9)13(17)20/h2-5,7,11,15,19H,6H2,1H3,(H2,17,20)(H,22,23)/t7-,11+,15-/m1/s1. The zero-order valence-corrected chi connectivity index (χ0v) is 14.0. The number of hydrogen-bond donors (Lipinski definition) is 3. The molecular formula is C16H16N2O6S. The molecule has 2 aliphatic rings. The fourth-order valence-corrected chi connectivity index (χ4v) is 4.34. The van der Waals surface area contributed by atoms with Crippen molar-refractivity contribution in [3.63, 3.8) is 0 Å². The van der Waals surface area contributed by atoms with Crippen LogP contribution in [0.15, 0.2) is 34.9 Å². The van der Waals surface area contributed by atoms with E-state index in [0.29, 0.717) is 16.2 Å². The Morgan fingerprint density at radius 3 is 2.52 bits per heavy atom. The van der Waals surface area contributed by atoms with Gasteiger partial charge in [0.25, 0.3) is 0 Å². The molecule has 132 valence electrons. The number of primary amides is 1. The molecular weight excluding hydrogens is 348 g/mol. The highest BCUT2D eigenvalue weighted by atomic mass is 32.2. The average molecular weight is 364 g/mol. The minimum atomic E-state index is -1.21. The van der Waals surface area contributed by atoms with Crippen molar-refractivity contribution in [2.45, 2.75) is 18.4 Å². The molecule has 1 aromatic rings. The maximum atomic E-state index is 12.1. The van der Waals surface area contributed by atoms with Crippen LogP contribution in [0.1, 0.15) is 17.3 Å². The Morgan fingerprint density at radius 1 is 1.36 bits per heavy atom. The Balaban J connectivity index is 1.74. The lowest BCUT2D eigenvalue weighted by atomic mass is 9.92. The number of nitrogens with zero attached hydrogens (tertiary/aromatic N) is 1. The lowest BCUT2D eigenvalue weighted by molar-refractivity contribution is -0.156. The zero-order chi connectivity index (χ0) is 18.3. The van der Waals surface area contributed by atoms with Gasteiger partial charge in [-0.3, -0.25) is 14.5 Å². The molecule has 3 atom stereocenters. The summed E-state index contributed by atoms with van der Waals surface area (Å²) in [5, 5.41) is 18.7. The van der Waals surface area contributed by atoms with E-state index in [2.05, 4.69) is 0 Å². The molecule has 0 unspecified atom stereocenters. The molecule has 9 heteroatoms. The number of aliphatic hydroxyl groups excluding tert-OH is 1.